The summed E-state index contributed by atoms with van der Waals surface area (Å²) in [6.45, 7) is 0.485. The number of fused-ring (bicyclic) bond motifs is 1. The Labute approximate surface area is 167 Å². The SMILES string of the molecule is O=C(Nc1ncc(Cl)s1)[C@H](CC1CCCCC1)N1Cc2ccccc2C1=O. The topological polar surface area (TPSA) is 62.3 Å². The van der Waals surface area contributed by atoms with Crippen LogP contribution in [-0.4, -0.2) is 27.7 Å². The van der Waals surface area contributed by atoms with Gasteiger partial charge in [-0.1, -0.05) is 73.2 Å². The average Bonchev–Trinajstić information content (AvgIpc) is 3.24. The number of aromatic nitrogens is 1. The lowest BCUT2D eigenvalue weighted by molar-refractivity contribution is -0.121. The minimum absolute atomic E-state index is 0.0567. The zero-order valence-electron chi connectivity index (χ0n) is 15.0. The highest BCUT2D eigenvalue weighted by Crippen LogP contribution is 2.33. The summed E-state index contributed by atoms with van der Waals surface area (Å²) in [7, 11) is 0. The number of hydrogen-bond acceptors (Lipinski definition) is 4. The summed E-state index contributed by atoms with van der Waals surface area (Å²) < 4.78 is 0.527. The van der Waals surface area contributed by atoms with E-state index in [0.29, 0.717) is 33.9 Å². The van der Waals surface area contributed by atoms with Gasteiger partial charge in [-0.25, -0.2) is 4.98 Å². The van der Waals surface area contributed by atoms with Crippen LogP contribution in [0.15, 0.2) is 30.5 Å². The molecule has 142 valence electrons. The van der Waals surface area contributed by atoms with E-state index < -0.39 is 6.04 Å². The zero-order chi connectivity index (χ0) is 18.8. The molecule has 1 atom stereocenters. The fourth-order valence-electron chi connectivity index (χ4n) is 4.14. The van der Waals surface area contributed by atoms with Crippen LogP contribution in [0.3, 0.4) is 0 Å². The van der Waals surface area contributed by atoms with Crippen molar-refractivity contribution in [2.75, 3.05) is 5.32 Å². The molecule has 7 heteroatoms. The van der Waals surface area contributed by atoms with Crippen LogP contribution in [-0.2, 0) is 11.3 Å². The Morgan fingerprint density at radius 3 is 2.78 bits per heavy atom. The molecule has 1 aliphatic carbocycles. The van der Waals surface area contributed by atoms with Gasteiger partial charge in [0.1, 0.15) is 10.4 Å². The smallest absolute Gasteiger partial charge is 0.255 e. The number of hydrogen-bond donors (Lipinski definition) is 1. The van der Waals surface area contributed by atoms with Crippen molar-refractivity contribution in [2.45, 2.75) is 51.1 Å². The number of carbonyl (C=O) groups excluding carboxylic acids is 2. The van der Waals surface area contributed by atoms with Gasteiger partial charge < -0.3 is 10.2 Å². The maximum Gasteiger partial charge on any atom is 0.255 e. The van der Waals surface area contributed by atoms with Crippen LogP contribution in [0.2, 0.25) is 4.34 Å². The molecule has 27 heavy (non-hydrogen) atoms. The lowest BCUT2D eigenvalue weighted by atomic mass is 9.84. The Hall–Kier alpha value is -1.92. The summed E-state index contributed by atoms with van der Waals surface area (Å²) in [4.78, 5) is 31.9. The van der Waals surface area contributed by atoms with E-state index in [0.717, 1.165) is 18.4 Å². The molecule has 2 heterocycles. The Bertz CT molecular complexity index is 847. The van der Waals surface area contributed by atoms with Gasteiger partial charge in [0.15, 0.2) is 5.13 Å². The fourth-order valence-corrected chi connectivity index (χ4v) is 4.96. The van der Waals surface area contributed by atoms with E-state index in [1.165, 1.54) is 36.8 Å². The van der Waals surface area contributed by atoms with Crippen molar-refractivity contribution >= 4 is 39.9 Å². The second-order valence-corrected chi connectivity index (χ2v) is 8.97. The standard InChI is InChI=1S/C20H22ClN3O2S/c21-17-11-22-20(27-17)23-18(25)16(10-13-6-2-1-3-7-13)24-12-14-8-4-5-9-15(14)19(24)26/h4-5,8-9,11,13,16H,1-3,6-7,10,12H2,(H,22,23,25)/t16-/m0/s1. The predicted molar refractivity (Wildman–Crippen MR) is 107 cm³/mol. The first kappa shape index (κ1) is 18.4. The first-order valence-electron chi connectivity index (χ1n) is 9.43. The van der Waals surface area contributed by atoms with Crippen LogP contribution in [0.5, 0.6) is 0 Å². The molecule has 0 bridgehead atoms. The molecule has 2 aliphatic rings. The van der Waals surface area contributed by atoms with E-state index >= 15 is 0 Å². The van der Waals surface area contributed by atoms with Crippen molar-refractivity contribution in [1.82, 2.24) is 9.88 Å². The molecule has 1 fully saturated rings. The number of nitrogens with zero attached hydrogens (tertiary/aromatic N) is 2. The van der Waals surface area contributed by atoms with Gasteiger partial charge in [0.25, 0.3) is 5.91 Å². The Morgan fingerprint density at radius 2 is 2.07 bits per heavy atom. The maximum absolute atomic E-state index is 13.1. The molecule has 0 spiro atoms. The fraction of sp³-hybridized carbons (Fsp3) is 0.450. The van der Waals surface area contributed by atoms with Gasteiger partial charge in [-0.3, -0.25) is 9.59 Å². The number of anilines is 1. The Kier molecular flexibility index (Phi) is 5.45. The molecule has 2 aromatic rings. The monoisotopic (exact) mass is 403 g/mol. The number of carbonyl (C=O) groups is 2. The average molecular weight is 404 g/mol. The molecule has 0 saturated heterocycles. The van der Waals surface area contributed by atoms with Crippen molar-refractivity contribution in [3.63, 3.8) is 0 Å². The molecule has 0 radical (unpaired) electrons. The van der Waals surface area contributed by atoms with Crippen LogP contribution in [0.25, 0.3) is 0 Å². The lowest BCUT2D eigenvalue weighted by Crippen LogP contribution is -2.45. The molecule has 1 aromatic heterocycles. The highest BCUT2D eigenvalue weighted by molar-refractivity contribution is 7.19. The maximum atomic E-state index is 13.1. The van der Waals surface area contributed by atoms with E-state index in [1.54, 1.807) is 4.90 Å². The molecule has 1 aliphatic heterocycles. The minimum atomic E-state index is -0.490. The summed E-state index contributed by atoms with van der Waals surface area (Å²) in [5.41, 5.74) is 1.69. The Morgan fingerprint density at radius 1 is 1.30 bits per heavy atom. The molecule has 1 N–H and O–H groups in total. The number of thiazole rings is 1. The van der Waals surface area contributed by atoms with E-state index in [2.05, 4.69) is 10.3 Å². The number of amides is 2. The number of benzene rings is 1. The van der Waals surface area contributed by atoms with Crippen molar-refractivity contribution in [2.24, 2.45) is 5.92 Å². The predicted octanol–water partition coefficient (Wildman–Crippen LogP) is 4.73. The van der Waals surface area contributed by atoms with E-state index in [9.17, 15) is 9.59 Å². The molecular weight excluding hydrogens is 382 g/mol. The van der Waals surface area contributed by atoms with Crippen molar-refractivity contribution in [3.05, 3.63) is 45.9 Å². The number of rotatable bonds is 5. The van der Waals surface area contributed by atoms with Crippen LogP contribution in [0.1, 0.15) is 54.4 Å². The van der Waals surface area contributed by atoms with Crippen molar-refractivity contribution < 1.29 is 9.59 Å². The highest BCUT2D eigenvalue weighted by Gasteiger charge is 2.37. The molecule has 5 nitrogen and oxygen atoms in total. The van der Waals surface area contributed by atoms with Crippen LogP contribution >= 0.6 is 22.9 Å². The first-order valence-corrected chi connectivity index (χ1v) is 10.6. The third-order valence-electron chi connectivity index (χ3n) is 5.52. The van der Waals surface area contributed by atoms with Gasteiger partial charge in [-0.15, -0.1) is 0 Å². The molecule has 0 unspecified atom stereocenters. The number of halogens is 1. The normalized spacial score (nSPS) is 18.4. The number of nitrogens with one attached hydrogen (secondary N) is 1. The third-order valence-corrected chi connectivity index (χ3v) is 6.55. The summed E-state index contributed by atoms with van der Waals surface area (Å²) >= 11 is 7.16. The van der Waals surface area contributed by atoms with Gasteiger partial charge in [-0.05, 0) is 24.0 Å². The van der Waals surface area contributed by atoms with Gasteiger partial charge in [0, 0.05) is 12.1 Å². The van der Waals surface area contributed by atoms with Gasteiger partial charge in [0.2, 0.25) is 5.91 Å². The van der Waals surface area contributed by atoms with Gasteiger partial charge in [-0.2, -0.15) is 0 Å². The molecule has 4 rings (SSSR count). The summed E-state index contributed by atoms with van der Waals surface area (Å²) in [6.07, 6.45) is 8.15. The molecule has 1 aromatic carbocycles. The van der Waals surface area contributed by atoms with E-state index in [4.69, 9.17) is 11.6 Å². The summed E-state index contributed by atoms with van der Waals surface area (Å²) in [6, 6.07) is 7.12. The largest absolute Gasteiger partial charge is 0.322 e. The van der Waals surface area contributed by atoms with E-state index in [1.807, 2.05) is 24.3 Å². The third kappa shape index (κ3) is 4.01. The van der Waals surface area contributed by atoms with Crippen LogP contribution in [0.4, 0.5) is 5.13 Å². The highest BCUT2D eigenvalue weighted by atomic mass is 35.5. The van der Waals surface area contributed by atoms with Gasteiger partial charge in [0.05, 0.1) is 6.20 Å². The van der Waals surface area contributed by atoms with Crippen LogP contribution in [0, 0.1) is 5.92 Å². The molecular formula is C20H22ClN3O2S. The second-order valence-electron chi connectivity index (χ2n) is 7.30. The van der Waals surface area contributed by atoms with Crippen molar-refractivity contribution in [3.8, 4) is 0 Å². The second kappa shape index (κ2) is 7.98. The molecule has 2 amide bonds. The quantitative estimate of drug-likeness (QED) is 0.784. The lowest BCUT2D eigenvalue weighted by Gasteiger charge is -2.31. The van der Waals surface area contributed by atoms with Gasteiger partial charge >= 0.3 is 0 Å². The minimum Gasteiger partial charge on any atom is -0.322 e. The molecule has 1 saturated carbocycles. The summed E-state index contributed by atoms with van der Waals surface area (Å²) in [5.74, 6) is 0.248. The first-order chi connectivity index (χ1) is 13.1. The van der Waals surface area contributed by atoms with Crippen molar-refractivity contribution in [1.29, 1.82) is 0 Å². The Balaban J connectivity index is 1.56. The van der Waals surface area contributed by atoms with E-state index in [-0.39, 0.29) is 11.8 Å². The van der Waals surface area contributed by atoms with Crippen LogP contribution < -0.4 is 5.32 Å². The summed E-state index contributed by atoms with van der Waals surface area (Å²) in [5, 5.41) is 3.34. The zero-order valence-corrected chi connectivity index (χ0v) is 16.6.